The van der Waals surface area contributed by atoms with Crippen LogP contribution in [0.4, 0.5) is 4.79 Å². The van der Waals surface area contributed by atoms with Crippen molar-refractivity contribution >= 4 is 28.2 Å². The van der Waals surface area contributed by atoms with E-state index >= 15 is 0 Å². The average molecular weight is 601 g/mol. The number of para-hydroxylation sites is 3. The zero-order valence-electron chi connectivity index (χ0n) is 26.9. The first-order valence-corrected chi connectivity index (χ1v) is 15.6. The average Bonchev–Trinajstić information content (AvgIpc) is 3.53. The fraction of sp³-hybridized carbons (Fsp3) is 0.289. The van der Waals surface area contributed by atoms with Crippen molar-refractivity contribution in [3.63, 3.8) is 0 Å². The molecule has 0 spiro atoms. The van der Waals surface area contributed by atoms with Crippen molar-refractivity contribution in [3.8, 4) is 28.3 Å². The van der Waals surface area contributed by atoms with Crippen LogP contribution in [-0.2, 0) is 24.8 Å². The highest BCUT2D eigenvalue weighted by atomic mass is 16.7. The van der Waals surface area contributed by atoms with E-state index in [-0.39, 0.29) is 0 Å². The van der Waals surface area contributed by atoms with Gasteiger partial charge in [0.25, 0.3) is 0 Å². The molecule has 45 heavy (non-hydrogen) atoms. The highest BCUT2D eigenvalue weighted by Gasteiger charge is 2.20. The molecule has 6 rings (SSSR count). The van der Waals surface area contributed by atoms with Gasteiger partial charge in [-0.15, -0.1) is 0 Å². The van der Waals surface area contributed by atoms with E-state index in [1.54, 1.807) is 6.07 Å². The molecule has 0 fully saturated rings. The van der Waals surface area contributed by atoms with Crippen molar-refractivity contribution in [2.75, 3.05) is 0 Å². The highest BCUT2D eigenvalue weighted by molar-refractivity contribution is 5.87. The second kappa shape index (κ2) is 12.2. The van der Waals surface area contributed by atoms with Crippen molar-refractivity contribution < 1.29 is 14.3 Å². The molecule has 230 valence electrons. The molecule has 0 saturated heterocycles. The Balaban J connectivity index is 1.34. The summed E-state index contributed by atoms with van der Waals surface area (Å²) in [5.74, 6) is 2.50. The van der Waals surface area contributed by atoms with Gasteiger partial charge >= 0.3 is 6.16 Å². The SMILES string of the molecule is CCCCc1nc2c(C)cc(-c3nc4ccccc4n3C)cc2n1Cc1ccc(-c2ccccc2OC(=O)OC(C)(C)C)cc1. The zero-order valence-corrected chi connectivity index (χ0v) is 26.9. The van der Waals surface area contributed by atoms with E-state index in [2.05, 4.69) is 84.6 Å². The summed E-state index contributed by atoms with van der Waals surface area (Å²) in [4.78, 5) is 22.5. The number of fused-ring (bicyclic) bond motifs is 2. The summed E-state index contributed by atoms with van der Waals surface area (Å²) >= 11 is 0. The Hall–Kier alpha value is -4.91. The molecule has 0 amide bonds. The van der Waals surface area contributed by atoms with Crippen LogP contribution in [0, 0.1) is 6.92 Å². The number of imidazole rings is 2. The minimum Gasteiger partial charge on any atom is -0.428 e. The summed E-state index contributed by atoms with van der Waals surface area (Å²) < 4.78 is 15.5. The lowest BCUT2D eigenvalue weighted by atomic mass is 10.0. The molecular weight excluding hydrogens is 560 g/mol. The third-order valence-corrected chi connectivity index (χ3v) is 8.00. The van der Waals surface area contributed by atoms with Crippen LogP contribution in [0.1, 0.15) is 57.5 Å². The first-order valence-electron chi connectivity index (χ1n) is 15.6. The van der Waals surface area contributed by atoms with Gasteiger partial charge in [0.2, 0.25) is 0 Å². The second-order valence-corrected chi connectivity index (χ2v) is 12.6. The molecule has 0 aliphatic carbocycles. The van der Waals surface area contributed by atoms with Crippen LogP contribution in [-0.4, -0.2) is 30.9 Å². The van der Waals surface area contributed by atoms with E-state index < -0.39 is 11.8 Å². The summed E-state index contributed by atoms with van der Waals surface area (Å²) in [6.07, 6.45) is 2.38. The summed E-state index contributed by atoms with van der Waals surface area (Å²) in [6.45, 7) is 10.5. The first-order chi connectivity index (χ1) is 21.6. The Morgan fingerprint density at radius 3 is 2.33 bits per heavy atom. The van der Waals surface area contributed by atoms with Crippen LogP contribution in [0.3, 0.4) is 0 Å². The Kier molecular flexibility index (Phi) is 8.19. The van der Waals surface area contributed by atoms with E-state index in [9.17, 15) is 4.79 Å². The number of ether oxygens (including phenoxy) is 2. The van der Waals surface area contributed by atoms with Gasteiger partial charge in [0.15, 0.2) is 0 Å². The number of benzene rings is 4. The molecule has 7 nitrogen and oxygen atoms in total. The van der Waals surface area contributed by atoms with E-state index in [0.29, 0.717) is 12.3 Å². The Labute approximate surface area is 264 Å². The molecule has 7 heteroatoms. The molecule has 0 atom stereocenters. The summed E-state index contributed by atoms with van der Waals surface area (Å²) in [5.41, 5.74) is 8.79. The van der Waals surface area contributed by atoms with E-state index in [1.165, 1.54) is 0 Å². The summed E-state index contributed by atoms with van der Waals surface area (Å²) in [6, 6.07) is 28.6. The van der Waals surface area contributed by atoms with Gasteiger partial charge in [-0.2, -0.15) is 0 Å². The number of nitrogens with zero attached hydrogens (tertiary/aromatic N) is 4. The number of aryl methyl sites for hydroxylation is 3. The molecule has 0 saturated carbocycles. The van der Waals surface area contributed by atoms with Crippen molar-refractivity contribution in [1.82, 2.24) is 19.1 Å². The van der Waals surface area contributed by atoms with Gasteiger partial charge in [-0.3, -0.25) is 0 Å². The third-order valence-electron chi connectivity index (χ3n) is 8.00. The number of unbranched alkanes of at least 4 members (excludes halogenated alkanes) is 1. The van der Waals surface area contributed by atoms with Crippen LogP contribution >= 0.6 is 0 Å². The van der Waals surface area contributed by atoms with Gasteiger partial charge in [0.1, 0.15) is 23.0 Å². The molecule has 0 unspecified atom stereocenters. The predicted octanol–water partition coefficient (Wildman–Crippen LogP) is 9.27. The standard InChI is InChI=1S/C38H40N4O3/c1-7-8-17-34-40-35-25(2)22-28(36-39-30-14-10-11-15-31(30)41(36)6)23-32(35)42(34)24-26-18-20-27(21-19-26)29-13-9-12-16-33(29)44-37(43)45-38(3,4)5/h9-16,18-23H,7-8,17,24H2,1-6H3. The lowest BCUT2D eigenvalue weighted by Gasteiger charge is -2.19. The number of aromatic nitrogens is 4. The van der Waals surface area contributed by atoms with Gasteiger partial charge in [-0.05, 0) is 81.1 Å². The predicted molar refractivity (Wildman–Crippen MR) is 181 cm³/mol. The number of hydrogen-bond donors (Lipinski definition) is 0. The van der Waals surface area contributed by atoms with E-state index in [4.69, 9.17) is 19.4 Å². The fourth-order valence-electron chi connectivity index (χ4n) is 5.80. The molecule has 0 radical (unpaired) electrons. The van der Waals surface area contributed by atoms with Crippen LogP contribution in [0.15, 0.2) is 84.9 Å². The summed E-state index contributed by atoms with van der Waals surface area (Å²) in [5, 5.41) is 0. The fourth-order valence-corrected chi connectivity index (χ4v) is 5.80. The van der Waals surface area contributed by atoms with Crippen LogP contribution in [0.25, 0.3) is 44.6 Å². The number of hydrogen-bond acceptors (Lipinski definition) is 5. The minimum atomic E-state index is -0.716. The van der Waals surface area contributed by atoms with E-state index in [0.717, 1.165) is 80.8 Å². The van der Waals surface area contributed by atoms with Gasteiger partial charge in [0.05, 0.1) is 22.1 Å². The lowest BCUT2D eigenvalue weighted by Crippen LogP contribution is -2.26. The van der Waals surface area contributed by atoms with Crippen molar-refractivity contribution in [2.45, 2.75) is 66.0 Å². The molecular formula is C38H40N4O3. The first kappa shape index (κ1) is 30.1. The van der Waals surface area contributed by atoms with Gasteiger partial charge in [-0.1, -0.05) is 67.9 Å². The third kappa shape index (κ3) is 6.34. The topological polar surface area (TPSA) is 71.2 Å². The largest absolute Gasteiger partial charge is 0.514 e. The zero-order chi connectivity index (χ0) is 31.7. The maximum atomic E-state index is 12.4. The Morgan fingerprint density at radius 1 is 0.867 bits per heavy atom. The van der Waals surface area contributed by atoms with Crippen LogP contribution in [0.5, 0.6) is 5.75 Å². The van der Waals surface area contributed by atoms with Crippen molar-refractivity contribution in [2.24, 2.45) is 7.05 Å². The number of carbonyl (C=O) groups excluding carboxylic acids is 1. The normalized spacial score (nSPS) is 11.8. The molecule has 2 aromatic heterocycles. The number of carbonyl (C=O) groups is 1. The maximum Gasteiger partial charge on any atom is 0.514 e. The monoisotopic (exact) mass is 600 g/mol. The molecule has 0 N–H and O–H groups in total. The molecule has 0 aliphatic heterocycles. The van der Waals surface area contributed by atoms with Crippen molar-refractivity contribution in [3.05, 3.63) is 102 Å². The van der Waals surface area contributed by atoms with Crippen LogP contribution < -0.4 is 4.74 Å². The van der Waals surface area contributed by atoms with Crippen molar-refractivity contribution in [1.29, 1.82) is 0 Å². The van der Waals surface area contributed by atoms with Gasteiger partial charge < -0.3 is 18.6 Å². The quantitative estimate of drug-likeness (QED) is 0.129. The highest BCUT2D eigenvalue weighted by Crippen LogP contribution is 2.33. The molecule has 2 heterocycles. The molecule has 0 bridgehead atoms. The smallest absolute Gasteiger partial charge is 0.428 e. The van der Waals surface area contributed by atoms with Gasteiger partial charge in [0, 0.05) is 31.1 Å². The maximum absolute atomic E-state index is 12.4. The summed E-state index contributed by atoms with van der Waals surface area (Å²) in [7, 11) is 2.08. The Bertz CT molecular complexity index is 1990. The molecule has 6 aromatic rings. The second-order valence-electron chi connectivity index (χ2n) is 12.6. The lowest BCUT2D eigenvalue weighted by molar-refractivity contribution is 0.0207. The van der Waals surface area contributed by atoms with Gasteiger partial charge in [-0.25, -0.2) is 14.8 Å². The molecule has 4 aromatic carbocycles. The minimum absolute atomic E-state index is 0.465. The van der Waals surface area contributed by atoms with E-state index in [1.807, 2.05) is 45.0 Å². The Morgan fingerprint density at radius 2 is 1.60 bits per heavy atom. The van der Waals surface area contributed by atoms with Crippen LogP contribution in [0.2, 0.25) is 0 Å². The molecule has 0 aliphatic rings. The number of rotatable bonds is 8.